The van der Waals surface area contributed by atoms with Crippen molar-refractivity contribution in [3.8, 4) is 5.88 Å². The minimum Gasteiger partial charge on any atom is -0.472 e. The first-order valence-corrected chi connectivity index (χ1v) is 9.18. The number of unbranched alkanes of at least 4 members (excludes halogenated alkanes) is 1. The van der Waals surface area contributed by atoms with Gasteiger partial charge in [0.25, 0.3) is 0 Å². The number of hydrogen-bond donors (Lipinski definition) is 0. The topological polar surface area (TPSA) is 59.5 Å². The van der Waals surface area contributed by atoms with Gasteiger partial charge in [0.05, 0.1) is 16.8 Å². The molecule has 5 nitrogen and oxygen atoms in total. The molecule has 1 aliphatic rings. The molecular formula is C13H19BrN2O3S. The molecule has 0 aliphatic carbocycles. The van der Waals surface area contributed by atoms with Crippen LogP contribution in [0.3, 0.4) is 0 Å². The normalized spacial score (nSPS) is 20.2. The first-order valence-electron chi connectivity index (χ1n) is 6.78. The van der Waals surface area contributed by atoms with Crippen molar-refractivity contribution in [3.63, 3.8) is 0 Å². The van der Waals surface area contributed by atoms with Gasteiger partial charge in [-0.15, -0.1) is 0 Å². The monoisotopic (exact) mass is 362 g/mol. The fourth-order valence-corrected chi connectivity index (χ4v) is 4.16. The summed E-state index contributed by atoms with van der Waals surface area (Å²) in [4.78, 5) is 4.14. The van der Waals surface area contributed by atoms with Crippen LogP contribution < -0.4 is 4.74 Å². The number of halogens is 1. The van der Waals surface area contributed by atoms with Crippen LogP contribution in [0.1, 0.15) is 26.2 Å². The fourth-order valence-electron chi connectivity index (χ4n) is 2.12. The van der Waals surface area contributed by atoms with Gasteiger partial charge in [-0.1, -0.05) is 13.3 Å². The molecule has 0 spiro atoms. The van der Waals surface area contributed by atoms with Gasteiger partial charge in [-0.2, -0.15) is 4.31 Å². The van der Waals surface area contributed by atoms with Crippen LogP contribution >= 0.6 is 15.9 Å². The van der Waals surface area contributed by atoms with E-state index in [4.69, 9.17) is 4.74 Å². The summed E-state index contributed by atoms with van der Waals surface area (Å²) >= 11 is 3.37. The minimum absolute atomic E-state index is 0.127. The first-order chi connectivity index (χ1) is 9.53. The van der Waals surface area contributed by atoms with Gasteiger partial charge in [0, 0.05) is 12.7 Å². The molecule has 0 amide bonds. The molecule has 0 aromatic carbocycles. The Labute approximate surface area is 128 Å². The molecule has 1 aromatic rings. The van der Waals surface area contributed by atoms with Gasteiger partial charge in [0.2, 0.25) is 15.9 Å². The number of aromatic nitrogens is 1. The minimum atomic E-state index is -3.14. The Morgan fingerprint density at radius 3 is 3.05 bits per heavy atom. The Morgan fingerprint density at radius 2 is 2.35 bits per heavy atom. The molecule has 1 unspecified atom stereocenters. The third-order valence-corrected chi connectivity index (χ3v) is 5.79. The van der Waals surface area contributed by atoms with E-state index in [0.29, 0.717) is 31.8 Å². The molecule has 0 saturated carbocycles. The number of nitrogens with zero attached hydrogens (tertiary/aromatic N) is 2. The number of sulfonamides is 1. The van der Waals surface area contributed by atoms with Crippen molar-refractivity contribution in [1.29, 1.82) is 0 Å². The van der Waals surface area contributed by atoms with Crippen LogP contribution in [0.25, 0.3) is 0 Å². The predicted octanol–water partition coefficient (Wildman–Crippen LogP) is 2.43. The van der Waals surface area contributed by atoms with Gasteiger partial charge < -0.3 is 4.74 Å². The highest BCUT2D eigenvalue weighted by Gasteiger charge is 2.32. The van der Waals surface area contributed by atoms with E-state index in [2.05, 4.69) is 20.9 Å². The van der Waals surface area contributed by atoms with Crippen LogP contribution in [0.4, 0.5) is 0 Å². The maximum atomic E-state index is 12.1. The summed E-state index contributed by atoms with van der Waals surface area (Å²) in [6.07, 6.45) is 3.82. The molecule has 2 heterocycles. The first kappa shape index (κ1) is 15.7. The van der Waals surface area contributed by atoms with Gasteiger partial charge >= 0.3 is 0 Å². The van der Waals surface area contributed by atoms with Crippen LogP contribution in [0, 0.1) is 0 Å². The Hall–Kier alpha value is -0.660. The molecule has 1 fully saturated rings. The maximum Gasteiger partial charge on any atom is 0.228 e. The zero-order valence-electron chi connectivity index (χ0n) is 11.5. The van der Waals surface area contributed by atoms with Crippen LogP contribution in [0.2, 0.25) is 0 Å². The van der Waals surface area contributed by atoms with E-state index in [-0.39, 0.29) is 11.9 Å². The Bertz CT molecular complexity index is 550. The van der Waals surface area contributed by atoms with E-state index >= 15 is 0 Å². The second kappa shape index (κ2) is 6.87. The van der Waals surface area contributed by atoms with Crippen molar-refractivity contribution in [1.82, 2.24) is 9.29 Å². The zero-order valence-corrected chi connectivity index (χ0v) is 13.9. The zero-order chi connectivity index (χ0) is 14.6. The second-order valence-corrected chi connectivity index (χ2v) is 7.79. The molecule has 1 aliphatic heterocycles. The van der Waals surface area contributed by atoms with E-state index in [0.717, 1.165) is 10.9 Å². The summed E-state index contributed by atoms with van der Waals surface area (Å²) in [6, 6.07) is 3.67. The van der Waals surface area contributed by atoms with E-state index in [1.165, 1.54) is 4.31 Å². The Balaban J connectivity index is 1.94. The molecule has 2 rings (SSSR count). The highest BCUT2D eigenvalue weighted by Crippen LogP contribution is 2.25. The fraction of sp³-hybridized carbons (Fsp3) is 0.615. The predicted molar refractivity (Wildman–Crippen MR) is 81.2 cm³/mol. The molecule has 112 valence electrons. The third kappa shape index (κ3) is 3.93. The van der Waals surface area contributed by atoms with Gasteiger partial charge in [0.1, 0.15) is 6.10 Å². The summed E-state index contributed by atoms with van der Waals surface area (Å²) in [5.74, 6) is 0.744. The van der Waals surface area contributed by atoms with Crippen LogP contribution in [0.15, 0.2) is 22.8 Å². The van der Waals surface area contributed by atoms with Crippen LogP contribution in [-0.2, 0) is 10.0 Å². The van der Waals surface area contributed by atoms with Crippen molar-refractivity contribution in [2.45, 2.75) is 32.3 Å². The molecular weight excluding hydrogens is 344 g/mol. The van der Waals surface area contributed by atoms with E-state index in [1.54, 1.807) is 6.20 Å². The van der Waals surface area contributed by atoms with Crippen molar-refractivity contribution in [3.05, 3.63) is 22.8 Å². The molecule has 1 atom stereocenters. The highest BCUT2D eigenvalue weighted by molar-refractivity contribution is 9.10. The van der Waals surface area contributed by atoms with Gasteiger partial charge in [-0.3, -0.25) is 0 Å². The molecule has 20 heavy (non-hydrogen) atoms. The lowest BCUT2D eigenvalue weighted by atomic mass is 10.3. The largest absolute Gasteiger partial charge is 0.472 e. The summed E-state index contributed by atoms with van der Waals surface area (Å²) in [5, 5.41) is 0. The Kier molecular flexibility index (Phi) is 5.40. The molecule has 7 heteroatoms. The van der Waals surface area contributed by atoms with E-state index in [9.17, 15) is 8.42 Å². The number of ether oxygens (including phenoxy) is 1. The van der Waals surface area contributed by atoms with Gasteiger partial charge in [-0.05, 0) is 40.9 Å². The van der Waals surface area contributed by atoms with E-state index < -0.39 is 10.0 Å². The number of rotatable bonds is 6. The van der Waals surface area contributed by atoms with Crippen molar-refractivity contribution >= 4 is 26.0 Å². The van der Waals surface area contributed by atoms with Crippen molar-refractivity contribution in [2.24, 2.45) is 0 Å². The summed E-state index contributed by atoms with van der Waals surface area (Å²) < 4.78 is 32.3. The average molecular weight is 363 g/mol. The van der Waals surface area contributed by atoms with E-state index in [1.807, 2.05) is 19.1 Å². The summed E-state index contributed by atoms with van der Waals surface area (Å²) in [6.45, 7) is 2.93. The van der Waals surface area contributed by atoms with Crippen molar-refractivity contribution < 1.29 is 13.2 Å². The molecule has 0 N–H and O–H groups in total. The van der Waals surface area contributed by atoms with Crippen molar-refractivity contribution in [2.75, 3.05) is 18.8 Å². The lowest BCUT2D eigenvalue weighted by molar-refractivity contribution is 0.205. The quantitative estimate of drug-likeness (QED) is 0.779. The van der Waals surface area contributed by atoms with Gasteiger partial charge in [-0.25, -0.2) is 13.4 Å². The second-order valence-electron chi connectivity index (χ2n) is 4.85. The summed E-state index contributed by atoms with van der Waals surface area (Å²) in [5.41, 5.74) is 0. The SMILES string of the molecule is CCCCS(=O)(=O)N1CCC(Oc2ncccc2Br)C1. The molecule has 1 saturated heterocycles. The standard InChI is InChI=1S/C13H19BrN2O3S/c1-2-3-9-20(17,18)16-8-6-11(10-16)19-13-12(14)5-4-7-15-13/h4-5,7,11H,2-3,6,8-10H2,1H3. The third-order valence-electron chi connectivity index (χ3n) is 3.26. The van der Waals surface area contributed by atoms with Gasteiger partial charge in [0.15, 0.2) is 0 Å². The molecule has 0 radical (unpaired) electrons. The highest BCUT2D eigenvalue weighted by atomic mass is 79.9. The number of pyridine rings is 1. The maximum absolute atomic E-state index is 12.1. The van der Waals surface area contributed by atoms with Crippen LogP contribution in [0.5, 0.6) is 5.88 Å². The molecule has 0 bridgehead atoms. The molecule has 1 aromatic heterocycles. The smallest absolute Gasteiger partial charge is 0.228 e. The van der Waals surface area contributed by atoms with Crippen LogP contribution in [-0.4, -0.2) is 42.7 Å². The Morgan fingerprint density at radius 1 is 1.55 bits per heavy atom. The lowest BCUT2D eigenvalue weighted by Crippen LogP contribution is -2.32. The summed E-state index contributed by atoms with van der Waals surface area (Å²) in [7, 11) is -3.14. The number of hydrogen-bond acceptors (Lipinski definition) is 4. The lowest BCUT2D eigenvalue weighted by Gasteiger charge is -2.17. The average Bonchev–Trinajstić information content (AvgIpc) is 2.89.